The zero-order chi connectivity index (χ0) is 13.8. The van der Waals surface area contributed by atoms with Gasteiger partial charge in [0.15, 0.2) is 0 Å². The monoisotopic (exact) mass is 299 g/mol. The maximum Gasteiger partial charge on any atom is 0.0929 e. The van der Waals surface area contributed by atoms with Crippen LogP contribution in [-0.4, -0.2) is 21.4 Å². The van der Waals surface area contributed by atoms with E-state index in [4.69, 9.17) is 23.2 Å². The first kappa shape index (κ1) is 14.3. The quantitative estimate of drug-likeness (QED) is 0.892. The van der Waals surface area contributed by atoms with Crippen molar-refractivity contribution in [3.8, 4) is 0 Å². The van der Waals surface area contributed by atoms with Gasteiger partial charge in [0.1, 0.15) is 0 Å². The fraction of sp³-hybridized carbons (Fsp3) is 0.308. The van der Waals surface area contributed by atoms with Crippen LogP contribution in [0.5, 0.6) is 0 Å². The molecule has 0 aliphatic heterocycles. The van der Waals surface area contributed by atoms with Gasteiger partial charge in [0.2, 0.25) is 0 Å². The van der Waals surface area contributed by atoms with Crippen molar-refractivity contribution in [2.75, 3.05) is 6.54 Å². The Balaban J connectivity index is 1.92. The second kappa shape index (κ2) is 6.39. The van der Waals surface area contributed by atoms with Crippen molar-refractivity contribution in [1.82, 2.24) is 15.1 Å². The van der Waals surface area contributed by atoms with Crippen molar-refractivity contribution in [2.45, 2.75) is 12.6 Å². The van der Waals surface area contributed by atoms with Crippen molar-refractivity contribution in [1.29, 1.82) is 0 Å². The average Bonchev–Trinajstić information content (AvgIpc) is 2.78. The van der Waals surface area contributed by atoms with Crippen LogP contribution in [0.3, 0.4) is 0 Å². The lowest BCUT2D eigenvalue weighted by molar-refractivity contribution is 0.174. The number of aliphatic hydroxyl groups excluding tert-OH is 1. The highest BCUT2D eigenvalue weighted by atomic mass is 35.5. The molecule has 2 N–H and O–H groups in total. The summed E-state index contributed by atoms with van der Waals surface area (Å²) in [5.41, 5.74) is 1.68. The van der Waals surface area contributed by atoms with Crippen LogP contribution in [0.15, 0.2) is 30.5 Å². The number of halogens is 2. The van der Waals surface area contributed by atoms with Crippen molar-refractivity contribution in [2.24, 2.45) is 7.05 Å². The normalized spacial score (nSPS) is 12.6. The number of rotatable bonds is 5. The van der Waals surface area contributed by atoms with Crippen LogP contribution in [0.2, 0.25) is 10.0 Å². The number of hydrogen-bond donors (Lipinski definition) is 2. The van der Waals surface area contributed by atoms with E-state index in [1.807, 2.05) is 13.1 Å². The number of nitrogens with zero attached hydrogens (tertiary/aromatic N) is 2. The summed E-state index contributed by atoms with van der Waals surface area (Å²) in [5.74, 6) is 0. The summed E-state index contributed by atoms with van der Waals surface area (Å²) in [6.45, 7) is 1.02. The topological polar surface area (TPSA) is 50.1 Å². The molecule has 0 amide bonds. The molecule has 4 nitrogen and oxygen atoms in total. The molecule has 0 aliphatic carbocycles. The molecule has 0 saturated heterocycles. The number of aryl methyl sites for hydroxylation is 1. The molecule has 19 heavy (non-hydrogen) atoms. The van der Waals surface area contributed by atoms with E-state index in [0.717, 1.165) is 5.69 Å². The Labute approximate surface area is 122 Å². The molecule has 0 spiro atoms. The van der Waals surface area contributed by atoms with Crippen LogP contribution in [0.4, 0.5) is 0 Å². The molecule has 1 aromatic heterocycles. The van der Waals surface area contributed by atoms with Gasteiger partial charge in [-0.15, -0.1) is 0 Å². The largest absolute Gasteiger partial charge is 0.387 e. The smallest absolute Gasteiger partial charge is 0.0929 e. The number of benzene rings is 1. The molecule has 1 atom stereocenters. The Morgan fingerprint density at radius 1 is 1.37 bits per heavy atom. The molecule has 6 heteroatoms. The first-order valence-corrected chi connectivity index (χ1v) is 6.64. The summed E-state index contributed by atoms with van der Waals surface area (Å²) in [6, 6.07) is 6.98. The zero-order valence-electron chi connectivity index (χ0n) is 10.5. The average molecular weight is 300 g/mol. The van der Waals surface area contributed by atoms with Crippen LogP contribution < -0.4 is 5.32 Å². The molecule has 102 valence electrons. The van der Waals surface area contributed by atoms with E-state index in [9.17, 15) is 5.11 Å². The highest BCUT2D eigenvalue weighted by molar-refractivity contribution is 6.33. The summed E-state index contributed by atoms with van der Waals surface area (Å²) in [7, 11) is 1.88. The molecule has 1 aromatic carbocycles. The third-order valence-corrected chi connectivity index (χ3v) is 3.46. The van der Waals surface area contributed by atoms with E-state index in [2.05, 4.69) is 10.4 Å². The van der Waals surface area contributed by atoms with E-state index in [1.165, 1.54) is 0 Å². The summed E-state index contributed by atoms with van der Waals surface area (Å²) in [5, 5.41) is 18.4. The molecule has 2 rings (SSSR count). The lowest BCUT2D eigenvalue weighted by Crippen LogP contribution is -2.22. The zero-order valence-corrected chi connectivity index (χ0v) is 12.0. The molecule has 2 aromatic rings. The molecule has 0 bridgehead atoms. The molecule has 0 fully saturated rings. The summed E-state index contributed by atoms with van der Waals surface area (Å²) in [6.07, 6.45) is 1.04. The number of hydrogen-bond acceptors (Lipinski definition) is 3. The van der Waals surface area contributed by atoms with Gasteiger partial charge in [-0.05, 0) is 24.3 Å². The fourth-order valence-electron chi connectivity index (χ4n) is 1.79. The molecule has 1 unspecified atom stereocenters. The van der Waals surface area contributed by atoms with Crippen molar-refractivity contribution in [3.05, 3.63) is 51.8 Å². The number of nitrogens with one attached hydrogen (secondary N) is 1. The van der Waals surface area contributed by atoms with Crippen molar-refractivity contribution < 1.29 is 5.11 Å². The van der Waals surface area contributed by atoms with Crippen LogP contribution >= 0.6 is 23.2 Å². The SMILES string of the molecule is Cn1nccc1CNCC(O)c1cc(Cl)ccc1Cl. The molecular formula is C13H15Cl2N3O. The van der Waals surface area contributed by atoms with Crippen LogP contribution in [0, 0.1) is 0 Å². The third kappa shape index (κ3) is 3.70. The summed E-state index contributed by atoms with van der Waals surface area (Å²) >= 11 is 11.9. The molecule has 0 saturated carbocycles. The Morgan fingerprint density at radius 3 is 2.84 bits per heavy atom. The predicted octanol–water partition coefficient (Wildman–Crippen LogP) is 2.55. The lowest BCUT2D eigenvalue weighted by atomic mass is 10.1. The van der Waals surface area contributed by atoms with Crippen LogP contribution in [0.25, 0.3) is 0 Å². The van der Waals surface area contributed by atoms with Gasteiger partial charge in [0.05, 0.1) is 11.8 Å². The highest BCUT2D eigenvalue weighted by Gasteiger charge is 2.12. The van der Waals surface area contributed by atoms with E-state index in [-0.39, 0.29) is 0 Å². The number of aromatic nitrogens is 2. The van der Waals surface area contributed by atoms with Gasteiger partial charge in [-0.25, -0.2) is 0 Å². The summed E-state index contributed by atoms with van der Waals surface area (Å²) < 4.78 is 1.78. The van der Waals surface area contributed by atoms with Crippen LogP contribution in [-0.2, 0) is 13.6 Å². The molecular weight excluding hydrogens is 285 g/mol. The maximum absolute atomic E-state index is 10.1. The van der Waals surface area contributed by atoms with Crippen molar-refractivity contribution in [3.63, 3.8) is 0 Å². The standard InChI is InChI=1S/C13H15Cl2N3O/c1-18-10(4-5-17-18)7-16-8-13(19)11-6-9(14)2-3-12(11)15/h2-6,13,16,19H,7-8H2,1H3. The highest BCUT2D eigenvalue weighted by Crippen LogP contribution is 2.25. The second-order valence-electron chi connectivity index (χ2n) is 4.26. The predicted molar refractivity (Wildman–Crippen MR) is 76.3 cm³/mol. The first-order valence-electron chi connectivity index (χ1n) is 5.88. The van der Waals surface area contributed by atoms with Gasteiger partial charge in [0, 0.05) is 41.9 Å². The summed E-state index contributed by atoms with van der Waals surface area (Å²) in [4.78, 5) is 0. The van der Waals surface area contributed by atoms with Crippen molar-refractivity contribution >= 4 is 23.2 Å². The minimum Gasteiger partial charge on any atom is -0.387 e. The fourth-order valence-corrected chi connectivity index (χ4v) is 2.22. The Kier molecular flexibility index (Phi) is 4.82. The second-order valence-corrected chi connectivity index (χ2v) is 5.10. The van der Waals surface area contributed by atoms with Gasteiger partial charge in [-0.2, -0.15) is 5.10 Å². The van der Waals surface area contributed by atoms with Gasteiger partial charge < -0.3 is 10.4 Å². The molecule has 1 heterocycles. The van der Waals surface area contributed by atoms with Gasteiger partial charge >= 0.3 is 0 Å². The Morgan fingerprint density at radius 2 is 2.16 bits per heavy atom. The van der Waals surface area contributed by atoms with Crippen LogP contribution in [0.1, 0.15) is 17.4 Å². The first-order chi connectivity index (χ1) is 9.08. The van der Waals surface area contributed by atoms with Gasteiger partial charge in [-0.3, -0.25) is 4.68 Å². The Bertz CT molecular complexity index is 557. The number of aliphatic hydroxyl groups is 1. The van der Waals surface area contributed by atoms with Gasteiger partial charge in [-0.1, -0.05) is 23.2 Å². The minimum atomic E-state index is -0.695. The third-order valence-electron chi connectivity index (χ3n) is 2.88. The van der Waals surface area contributed by atoms with E-state index in [0.29, 0.717) is 28.7 Å². The molecule has 0 radical (unpaired) electrons. The molecule has 0 aliphatic rings. The maximum atomic E-state index is 10.1. The van der Waals surface area contributed by atoms with E-state index < -0.39 is 6.10 Å². The minimum absolute atomic E-state index is 0.394. The van der Waals surface area contributed by atoms with E-state index >= 15 is 0 Å². The van der Waals surface area contributed by atoms with Gasteiger partial charge in [0.25, 0.3) is 0 Å². The van der Waals surface area contributed by atoms with E-state index in [1.54, 1.807) is 29.1 Å². The Hall–Kier alpha value is -1.07. The lowest BCUT2D eigenvalue weighted by Gasteiger charge is -2.14.